The lowest BCUT2D eigenvalue weighted by Gasteiger charge is -2.29. The van der Waals surface area contributed by atoms with E-state index in [2.05, 4.69) is 5.32 Å². The maximum absolute atomic E-state index is 13.0. The highest BCUT2D eigenvalue weighted by molar-refractivity contribution is 8.00. The molecule has 28 heavy (non-hydrogen) atoms. The van der Waals surface area contributed by atoms with Gasteiger partial charge >= 0.3 is 0 Å². The van der Waals surface area contributed by atoms with Gasteiger partial charge < -0.3 is 10.2 Å². The molecule has 2 rings (SSSR count). The molecule has 0 radical (unpaired) electrons. The van der Waals surface area contributed by atoms with Crippen LogP contribution < -0.4 is 5.32 Å². The van der Waals surface area contributed by atoms with E-state index in [0.717, 1.165) is 16.9 Å². The first-order valence-corrected chi connectivity index (χ1v) is 10.7. The number of carbonyl (C=O) groups excluding carboxylic acids is 2. The monoisotopic (exact) mass is 398 g/mol. The van der Waals surface area contributed by atoms with E-state index < -0.39 is 6.04 Å². The van der Waals surface area contributed by atoms with Crippen molar-refractivity contribution in [3.63, 3.8) is 0 Å². The number of nitrogens with one attached hydrogen (secondary N) is 1. The third-order valence-corrected chi connectivity index (χ3v) is 5.74. The molecule has 0 saturated heterocycles. The summed E-state index contributed by atoms with van der Waals surface area (Å²) in [5, 5.41) is 2.99. The van der Waals surface area contributed by atoms with Crippen molar-refractivity contribution in [1.29, 1.82) is 0 Å². The van der Waals surface area contributed by atoms with Gasteiger partial charge in [-0.1, -0.05) is 55.0 Å². The molecule has 2 aromatic carbocycles. The molecule has 0 aliphatic heterocycles. The molecule has 4 nitrogen and oxygen atoms in total. The number of amides is 2. The molecule has 2 amide bonds. The summed E-state index contributed by atoms with van der Waals surface area (Å²) in [6.45, 7) is 8.26. The fraction of sp³-hybridized carbons (Fsp3) is 0.391. The van der Waals surface area contributed by atoms with Gasteiger partial charge in [-0.05, 0) is 44.9 Å². The van der Waals surface area contributed by atoms with Crippen molar-refractivity contribution in [1.82, 2.24) is 10.2 Å². The lowest BCUT2D eigenvalue weighted by Crippen LogP contribution is -2.50. The van der Waals surface area contributed by atoms with Gasteiger partial charge in [0.1, 0.15) is 6.04 Å². The van der Waals surface area contributed by atoms with Crippen LogP contribution in [0.3, 0.4) is 0 Å². The summed E-state index contributed by atoms with van der Waals surface area (Å²) in [7, 11) is 0. The van der Waals surface area contributed by atoms with Crippen LogP contribution in [0, 0.1) is 6.92 Å². The van der Waals surface area contributed by atoms with Gasteiger partial charge in [-0.15, -0.1) is 11.8 Å². The number of hydrogen-bond acceptors (Lipinski definition) is 3. The van der Waals surface area contributed by atoms with E-state index in [1.807, 2.05) is 75.4 Å². The molecule has 2 aromatic rings. The van der Waals surface area contributed by atoms with E-state index in [1.54, 1.807) is 11.8 Å². The minimum absolute atomic E-state index is 0.0405. The van der Waals surface area contributed by atoms with Gasteiger partial charge in [-0.2, -0.15) is 0 Å². The maximum atomic E-state index is 13.0. The van der Waals surface area contributed by atoms with Crippen LogP contribution in [-0.2, 0) is 16.1 Å². The highest BCUT2D eigenvalue weighted by Gasteiger charge is 2.26. The molecule has 0 saturated carbocycles. The Labute approximate surface area is 172 Å². The molecule has 0 aromatic heterocycles. The van der Waals surface area contributed by atoms with E-state index in [-0.39, 0.29) is 17.9 Å². The van der Waals surface area contributed by atoms with Crippen LogP contribution in [0.15, 0.2) is 59.5 Å². The van der Waals surface area contributed by atoms with Crippen LogP contribution in [0.5, 0.6) is 0 Å². The molecule has 5 heteroatoms. The van der Waals surface area contributed by atoms with Crippen LogP contribution in [0.25, 0.3) is 0 Å². The van der Waals surface area contributed by atoms with Gasteiger partial charge in [0.15, 0.2) is 0 Å². The van der Waals surface area contributed by atoms with Crippen LogP contribution in [-0.4, -0.2) is 34.6 Å². The third kappa shape index (κ3) is 6.71. The van der Waals surface area contributed by atoms with Crippen molar-refractivity contribution in [3.05, 3.63) is 65.7 Å². The second-order valence-corrected chi connectivity index (χ2v) is 8.15. The fourth-order valence-electron chi connectivity index (χ4n) is 2.68. The molecule has 0 aliphatic carbocycles. The summed E-state index contributed by atoms with van der Waals surface area (Å²) in [4.78, 5) is 28.4. The highest BCUT2D eigenvalue weighted by Crippen LogP contribution is 2.19. The molecular formula is C23H30N2O2S. The Morgan fingerprint density at radius 1 is 1.04 bits per heavy atom. The first kappa shape index (κ1) is 22.0. The summed E-state index contributed by atoms with van der Waals surface area (Å²) < 4.78 is 0. The Bertz CT molecular complexity index is 762. The van der Waals surface area contributed by atoms with Crippen molar-refractivity contribution >= 4 is 23.6 Å². The zero-order valence-electron chi connectivity index (χ0n) is 17.1. The first-order valence-electron chi connectivity index (χ1n) is 9.74. The van der Waals surface area contributed by atoms with Crippen molar-refractivity contribution in [2.24, 2.45) is 0 Å². The topological polar surface area (TPSA) is 49.4 Å². The van der Waals surface area contributed by atoms with E-state index >= 15 is 0 Å². The maximum Gasteiger partial charge on any atom is 0.242 e. The zero-order chi connectivity index (χ0) is 20.5. The Morgan fingerprint density at radius 2 is 1.68 bits per heavy atom. The third-order valence-electron chi connectivity index (χ3n) is 4.75. The van der Waals surface area contributed by atoms with Gasteiger partial charge in [-0.3, -0.25) is 9.59 Å². The van der Waals surface area contributed by atoms with E-state index in [9.17, 15) is 9.59 Å². The number of thioether (sulfide) groups is 1. The summed E-state index contributed by atoms with van der Waals surface area (Å²) in [5.74, 6) is 0.150. The molecule has 0 heterocycles. The fourth-order valence-corrected chi connectivity index (χ4v) is 3.49. The highest BCUT2D eigenvalue weighted by atomic mass is 32.2. The van der Waals surface area contributed by atoms with Crippen LogP contribution >= 0.6 is 11.8 Å². The molecule has 0 fully saturated rings. The zero-order valence-corrected chi connectivity index (χ0v) is 18.0. The smallest absolute Gasteiger partial charge is 0.242 e. The second-order valence-electron chi connectivity index (χ2n) is 7.10. The quantitative estimate of drug-likeness (QED) is 0.636. The van der Waals surface area contributed by atoms with Crippen LogP contribution in [0.2, 0.25) is 0 Å². The number of aryl methyl sites for hydroxylation is 1. The average Bonchev–Trinajstić information content (AvgIpc) is 2.71. The first-order chi connectivity index (χ1) is 13.4. The number of carbonyl (C=O) groups is 2. The van der Waals surface area contributed by atoms with Gasteiger partial charge in [0.25, 0.3) is 0 Å². The summed E-state index contributed by atoms with van der Waals surface area (Å²) in [6.07, 6.45) is 0.855. The molecule has 0 bridgehead atoms. The van der Waals surface area contributed by atoms with Crippen molar-refractivity contribution in [3.8, 4) is 0 Å². The molecule has 0 aliphatic rings. The Hall–Kier alpha value is -2.27. The second kappa shape index (κ2) is 10.9. The van der Waals surface area contributed by atoms with Crippen molar-refractivity contribution in [2.45, 2.75) is 57.6 Å². The summed E-state index contributed by atoms with van der Waals surface area (Å²) in [6, 6.07) is 17.5. The minimum Gasteiger partial charge on any atom is -0.352 e. The van der Waals surface area contributed by atoms with Gasteiger partial charge in [0.05, 0.1) is 5.75 Å². The van der Waals surface area contributed by atoms with Crippen molar-refractivity contribution in [2.75, 3.05) is 5.75 Å². The molecule has 1 N–H and O–H groups in total. The largest absolute Gasteiger partial charge is 0.352 e. The van der Waals surface area contributed by atoms with Crippen molar-refractivity contribution < 1.29 is 9.59 Å². The SMILES string of the molecule is CC[C@@H](C)NC(=O)[C@H](C)N(Cc1ccc(C)cc1)C(=O)CSc1ccccc1. The van der Waals surface area contributed by atoms with Crippen LogP contribution in [0.4, 0.5) is 0 Å². The summed E-state index contributed by atoms with van der Waals surface area (Å²) >= 11 is 1.49. The van der Waals surface area contributed by atoms with E-state index in [4.69, 9.17) is 0 Å². The number of benzene rings is 2. The summed E-state index contributed by atoms with van der Waals surface area (Å²) in [5.41, 5.74) is 2.19. The normalized spacial score (nSPS) is 12.9. The van der Waals surface area contributed by atoms with E-state index in [1.165, 1.54) is 17.3 Å². The Morgan fingerprint density at radius 3 is 2.29 bits per heavy atom. The lowest BCUT2D eigenvalue weighted by atomic mass is 10.1. The molecule has 150 valence electrons. The van der Waals surface area contributed by atoms with Gasteiger partial charge in [-0.25, -0.2) is 0 Å². The van der Waals surface area contributed by atoms with Gasteiger partial charge in [0, 0.05) is 17.5 Å². The average molecular weight is 399 g/mol. The molecule has 0 unspecified atom stereocenters. The Balaban J connectivity index is 2.12. The number of nitrogens with zero attached hydrogens (tertiary/aromatic N) is 1. The molecular weight excluding hydrogens is 368 g/mol. The predicted molar refractivity (Wildman–Crippen MR) is 116 cm³/mol. The molecule has 0 spiro atoms. The predicted octanol–water partition coefficient (Wildman–Crippen LogP) is 4.42. The van der Waals surface area contributed by atoms with Gasteiger partial charge in [0.2, 0.25) is 11.8 Å². The number of rotatable bonds is 9. The molecule has 2 atom stereocenters. The Kier molecular flexibility index (Phi) is 8.58. The standard InChI is InChI=1S/C23H30N2O2S/c1-5-18(3)24-23(27)19(4)25(15-20-13-11-17(2)12-14-20)22(26)16-28-21-9-7-6-8-10-21/h6-14,18-19H,5,15-16H2,1-4H3,(H,24,27)/t18-,19+/m1/s1. The number of hydrogen-bond donors (Lipinski definition) is 1. The van der Waals surface area contributed by atoms with Crippen LogP contribution in [0.1, 0.15) is 38.3 Å². The van der Waals surface area contributed by atoms with E-state index in [0.29, 0.717) is 12.3 Å². The lowest BCUT2D eigenvalue weighted by molar-refractivity contribution is -0.138. The minimum atomic E-state index is -0.529.